The number of hydrogen-bond donors (Lipinski definition) is 1. The molecule has 1 N–H and O–H groups in total. The SMILES string of the molecule is CCCCCCCN1C(=O)C(CC(C)C)NC(=O)CC1C. The first-order chi connectivity index (χ1) is 9.95. The highest BCUT2D eigenvalue weighted by atomic mass is 16.2. The minimum Gasteiger partial charge on any atom is -0.344 e. The molecular formula is C17H32N2O2. The molecule has 0 aromatic heterocycles. The Morgan fingerprint density at radius 1 is 1.19 bits per heavy atom. The Hall–Kier alpha value is -1.06. The van der Waals surface area contributed by atoms with Crippen LogP contribution < -0.4 is 5.32 Å². The average molecular weight is 296 g/mol. The Balaban J connectivity index is 2.60. The topological polar surface area (TPSA) is 49.4 Å². The van der Waals surface area contributed by atoms with Crippen LogP contribution in [0.1, 0.15) is 72.6 Å². The first-order valence-electron chi connectivity index (χ1n) is 8.55. The molecule has 122 valence electrons. The molecule has 4 nitrogen and oxygen atoms in total. The van der Waals surface area contributed by atoms with Gasteiger partial charge in [0.2, 0.25) is 11.8 Å². The number of unbranched alkanes of at least 4 members (excludes halogenated alkanes) is 4. The Kier molecular flexibility index (Phi) is 7.76. The van der Waals surface area contributed by atoms with Gasteiger partial charge in [-0.2, -0.15) is 0 Å². The second kappa shape index (κ2) is 9.06. The van der Waals surface area contributed by atoms with E-state index in [0.29, 0.717) is 12.3 Å². The second-order valence-electron chi connectivity index (χ2n) is 6.75. The van der Waals surface area contributed by atoms with Gasteiger partial charge < -0.3 is 10.2 Å². The second-order valence-corrected chi connectivity index (χ2v) is 6.75. The fourth-order valence-electron chi connectivity index (χ4n) is 2.96. The van der Waals surface area contributed by atoms with Crippen LogP contribution in [0.3, 0.4) is 0 Å². The van der Waals surface area contributed by atoms with Gasteiger partial charge >= 0.3 is 0 Å². The van der Waals surface area contributed by atoms with Gasteiger partial charge in [-0.15, -0.1) is 0 Å². The van der Waals surface area contributed by atoms with Crippen molar-refractivity contribution in [2.75, 3.05) is 6.54 Å². The quantitative estimate of drug-likeness (QED) is 0.700. The van der Waals surface area contributed by atoms with Crippen molar-refractivity contribution in [1.82, 2.24) is 10.2 Å². The fraction of sp³-hybridized carbons (Fsp3) is 0.882. The normalized spacial score (nSPS) is 23.4. The molecule has 1 fully saturated rings. The number of amides is 2. The van der Waals surface area contributed by atoms with Gasteiger partial charge in [0.15, 0.2) is 0 Å². The smallest absolute Gasteiger partial charge is 0.245 e. The van der Waals surface area contributed by atoms with Crippen LogP contribution in [0, 0.1) is 5.92 Å². The number of carbonyl (C=O) groups excluding carboxylic acids is 2. The van der Waals surface area contributed by atoms with Crippen molar-refractivity contribution in [3.05, 3.63) is 0 Å². The molecular weight excluding hydrogens is 264 g/mol. The van der Waals surface area contributed by atoms with Gasteiger partial charge in [0.25, 0.3) is 0 Å². The minimum atomic E-state index is -0.335. The van der Waals surface area contributed by atoms with E-state index < -0.39 is 0 Å². The molecule has 1 aliphatic rings. The van der Waals surface area contributed by atoms with Crippen LogP contribution in [0.2, 0.25) is 0 Å². The summed E-state index contributed by atoms with van der Waals surface area (Å²) in [4.78, 5) is 26.5. The molecule has 1 rings (SSSR count). The van der Waals surface area contributed by atoms with E-state index in [1.807, 2.05) is 11.8 Å². The summed E-state index contributed by atoms with van der Waals surface area (Å²) >= 11 is 0. The molecule has 0 aromatic carbocycles. The molecule has 0 spiro atoms. The van der Waals surface area contributed by atoms with Crippen molar-refractivity contribution >= 4 is 11.8 Å². The number of hydrogen-bond acceptors (Lipinski definition) is 2. The summed E-state index contributed by atoms with van der Waals surface area (Å²) in [6.45, 7) is 9.15. The Labute approximate surface area is 129 Å². The van der Waals surface area contributed by atoms with Gasteiger partial charge in [0, 0.05) is 19.0 Å². The first kappa shape index (κ1) is 18.0. The summed E-state index contributed by atoms with van der Waals surface area (Å²) in [5, 5.41) is 2.90. The van der Waals surface area contributed by atoms with Gasteiger partial charge in [0.05, 0.1) is 0 Å². The maximum atomic E-state index is 12.7. The summed E-state index contributed by atoms with van der Waals surface area (Å²) in [5.74, 6) is 0.520. The van der Waals surface area contributed by atoms with E-state index in [-0.39, 0.29) is 23.9 Å². The van der Waals surface area contributed by atoms with Crippen molar-refractivity contribution in [2.45, 2.75) is 84.7 Å². The summed E-state index contributed by atoms with van der Waals surface area (Å²) in [5.41, 5.74) is 0. The fourth-order valence-corrected chi connectivity index (χ4v) is 2.96. The van der Waals surface area contributed by atoms with Crippen LogP contribution in [-0.2, 0) is 9.59 Å². The van der Waals surface area contributed by atoms with Crippen molar-refractivity contribution < 1.29 is 9.59 Å². The van der Waals surface area contributed by atoms with Crippen LogP contribution >= 0.6 is 0 Å². The summed E-state index contributed by atoms with van der Waals surface area (Å²) < 4.78 is 0. The predicted octanol–water partition coefficient (Wildman–Crippen LogP) is 3.11. The summed E-state index contributed by atoms with van der Waals surface area (Å²) in [7, 11) is 0. The van der Waals surface area contributed by atoms with Crippen LogP contribution in [0.5, 0.6) is 0 Å². The van der Waals surface area contributed by atoms with E-state index in [2.05, 4.69) is 26.1 Å². The van der Waals surface area contributed by atoms with E-state index in [9.17, 15) is 9.59 Å². The Morgan fingerprint density at radius 3 is 2.48 bits per heavy atom. The van der Waals surface area contributed by atoms with Gasteiger partial charge in [-0.05, 0) is 25.7 Å². The lowest BCUT2D eigenvalue weighted by atomic mass is 10.0. The van der Waals surface area contributed by atoms with Crippen molar-refractivity contribution in [3.8, 4) is 0 Å². The molecule has 4 heteroatoms. The molecule has 0 radical (unpaired) electrons. The van der Waals surface area contributed by atoms with E-state index in [1.165, 1.54) is 25.7 Å². The third kappa shape index (κ3) is 6.06. The van der Waals surface area contributed by atoms with Gasteiger partial charge in [-0.3, -0.25) is 9.59 Å². The van der Waals surface area contributed by atoms with Crippen molar-refractivity contribution in [1.29, 1.82) is 0 Å². The first-order valence-corrected chi connectivity index (χ1v) is 8.55. The lowest BCUT2D eigenvalue weighted by molar-refractivity contribution is -0.135. The summed E-state index contributed by atoms with van der Waals surface area (Å²) in [6, 6.07) is -0.320. The third-order valence-electron chi connectivity index (χ3n) is 4.14. The van der Waals surface area contributed by atoms with E-state index >= 15 is 0 Å². The monoisotopic (exact) mass is 296 g/mol. The van der Waals surface area contributed by atoms with Crippen LogP contribution in [0.25, 0.3) is 0 Å². The highest BCUT2D eigenvalue weighted by Gasteiger charge is 2.33. The molecule has 0 saturated carbocycles. The van der Waals surface area contributed by atoms with E-state index in [0.717, 1.165) is 19.4 Å². The molecule has 2 unspecified atom stereocenters. The largest absolute Gasteiger partial charge is 0.344 e. The van der Waals surface area contributed by atoms with Crippen LogP contribution in [0.4, 0.5) is 0 Å². The third-order valence-corrected chi connectivity index (χ3v) is 4.14. The highest BCUT2D eigenvalue weighted by Crippen LogP contribution is 2.17. The number of rotatable bonds is 8. The van der Waals surface area contributed by atoms with Gasteiger partial charge in [-0.25, -0.2) is 0 Å². The highest BCUT2D eigenvalue weighted by molar-refractivity contribution is 5.90. The number of carbonyl (C=O) groups is 2. The molecule has 1 aliphatic heterocycles. The molecule has 21 heavy (non-hydrogen) atoms. The molecule has 0 aromatic rings. The number of nitrogens with one attached hydrogen (secondary N) is 1. The molecule has 2 atom stereocenters. The van der Waals surface area contributed by atoms with Crippen LogP contribution in [-0.4, -0.2) is 35.3 Å². The van der Waals surface area contributed by atoms with Crippen molar-refractivity contribution in [3.63, 3.8) is 0 Å². The lowest BCUT2D eigenvalue weighted by Crippen LogP contribution is -2.47. The standard InChI is InChI=1S/C17H32N2O2/c1-5-6-7-8-9-10-19-14(4)12-16(20)18-15(17(19)21)11-13(2)3/h13-15H,5-12H2,1-4H3,(H,18,20). The molecule has 1 heterocycles. The van der Waals surface area contributed by atoms with Crippen molar-refractivity contribution in [2.24, 2.45) is 5.92 Å². The molecule has 0 aliphatic carbocycles. The zero-order chi connectivity index (χ0) is 15.8. The maximum absolute atomic E-state index is 12.7. The minimum absolute atomic E-state index is 0.00924. The van der Waals surface area contributed by atoms with Gasteiger partial charge in [-0.1, -0.05) is 46.5 Å². The Bertz CT molecular complexity index is 342. The summed E-state index contributed by atoms with van der Waals surface area (Å²) in [6.07, 6.45) is 7.09. The molecule has 2 amide bonds. The number of nitrogens with zero attached hydrogens (tertiary/aromatic N) is 1. The van der Waals surface area contributed by atoms with Gasteiger partial charge in [0.1, 0.15) is 6.04 Å². The molecule has 0 bridgehead atoms. The Morgan fingerprint density at radius 2 is 1.86 bits per heavy atom. The van der Waals surface area contributed by atoms with Crippen LogP contribution in [0.15, 0.2) is 0 Å². The van der Waals surface area contributed by atoms with E-state index in [4.69, 9.17) is 0 Å². The maximum Gasteiger partial charge on any atom is 0.245 e. The average Bonchev–Trinajstić information content (AvgIpc) is 2.48. The zero-order valence-corrected chi connectivity index (χ0v) is 14.2. The zero-order valence-electron chi connectivity index (χ0n) is 14.2. The van der Waals surface area contributed by atoms with E-state index in [1.54, 1.807) is 0 Å². The molecule has 1 saturated heterocycles. The predicted molar refractivity (Wildman–Crippen MR) is 85.9 cm³/mol. The lowest BCUT2D eigenvalue weighted by Gasteiger charge is -2.29.